The molecule has 1 fully saturated rings. The summed E-state index contributed by atoms with van der Waals surface area (Å²) >= 11 is 1.47. The summed E-state index contributed by atoms with van der Waals surface area (Å²) in [6.07, 6.45) is -0.143. The van der Waals surface area contributed by atoms with Crippen molar-refractivity contribution in [2.24, 2.45) is 0 Å². The van der Waals surface area contributed by atoms with Gasteiger partial charge in [0.25, 0.3) is 5.91 Å². The van der Waals surface area contributed by atoms with Crippen LogP contribution in [0.4, 0.5) is 4.39 Å². The van der Waals surface area contributed by atoms with Gasteiger partial charge in [0.05, 0.1) is 12.1 Å². The molecule has 2 heterocycles. The number of carbonyl (C=O) groups excluding carboxylic acids is 1. The molecule has 98 valence electrons. The lowest BCUT2D eigenvalue weighted by atomic mass is 10.1. The Labute approximate surface area is 108 Å². The molecule has 0 spiro atoms. The molecule has 2 rings (SSSR count). The number of rotatable bonds is 2. The molecule has 1 saturated heterocycles. The fourth-order valence-electron chi connectivity index (χ4n) is 2.02. The van der Waals surface area contributed by atoms with Gasteiger partial charge in [-0.1, -0.05) is 0 Å². The van der Waals surface area contributed by atoms with E-state index in [1.54, 1.807) is 5.38 Å². The summed E-state index contributed by atoms with van der Waals surface area (Å²) in [6, 6.07) is 0. The molecule has 1 aliphatic rings. The molecule has 6 heteroatoms. The number of likely N-dealkylation sites (tertiary alicyclic amines) is 1. The van der Waals surface area contributed by atoms with E-state index in [1.165, 1.54) is 16.2 Å². The Hall–Kier alpha value is -1.43. The van der Waals surface area contributed by atoms with E-state index in [1.807, 2.05) is 13.8 Å². The molecule has 1 aromatic heterocycles. The molecule has 18 heavy (non-hydrogen) atoms. The number of nitrogens with zero attached hydrogens (tertiary/aromatic N) is 1. The number of carboxylic acids is 1. The maximum atomic E-state index is 13.9. The van der Waals surface area contributed by atoms with Crippen molar-refractivity contribution in [3.8, 4) is 0 Å². The lowest BCUT2D eigenvalue weighted by molar-refractivity contribution is -0.149. The van der Waals surface area contributed by atoms with Gasteiger partial charge in [-0.3, -0.25) is 4.79 Å². The van der Waals surface area contributed by atoms with E-state index >= 15 is 0 Å². The highest BCUT2D eigenvalue weighted by molar-refractivity contribution is 7.10. The van der Waals surface area contributed by atoms with E-state index in [0.717, 1.165) is 10.4 Å². The number of carboxylic acid groups (broad SMARTS) is 1. The number of aliphatic carboxylic acids is 1. The molecule has 0 saturated carbocycles. The van der Waals surface area contributed by atoms with Gasteiger partial charge in [0, 0.05) is 23.2 Å². The van der Waals surface area contributed by atoms with Crippen LogP contribution >= 0.6 is 11.3 Å². The molecule has 0 aromatic carbocycles. The smallest absolute Gasteiger partial charge is 0.343 e. The van der Waals surface area contributed by atoms with E-state index in [4.69, 9.17) is 5.11 Å². The molecular formula is C12H14FNO3S. The van der Waals surface area contributed by atoms with Gasteiger partial charge in [0.1, 0.15) is 0 Å². The third kappa shape index (κ3) is 2.01. The van der Waals surface area contributed by atoms with Crippen LogP contribution in [-0.4, -0.2) is 40.6 Å². The highest BCUT2D eigenvalue weighted by Gasteiger charge is 2.47. The van der Waals surface area contributed by atoms with E-state index in [0.29, 0.717) is 5.56 Å². The topological polar surface area (TPSA) is 57.6 Å². The second-order valence-electron chi connectivity index (χ2n) is 4.58. The Morgan fingerprint density at radius 3 is 2.61 bits per heavy atom. The minimum atomic E-state index is -2.30. The summed E-state index contributed by atoms with van der Waals surface area (Å²) in [5.41, 5.74) is -0.863. The quantitative estimate of drug-likeness (QED) is 0.895. The molecular weight excluding hydrogens is 257 g/mol. The Kier molecular flexibility index (Phi) is 3.14. The van der Waals surface area contributed by atoms with Crippen molar-refractivity contribution in [2.75, 3.05) is 13.1 Å². The number of carbonyl (C=O) groups is 2. The first-order valence-electron chi connectivity index (χ1n) is 5.61. The molecule has 1 aromatic rings. The van der Waals surface area contributed by atoms with E-state index in [9.17, 15) is 14.0 Å². The maximum absolute atomic E-state index is 13.9. The number of thiophene rings is 1. The van der Waals surface area contributed by atoms with Crippen LogP contribution in [0.25, 0.3) is 0 Å². The summed E-state index contributed by atoms with van der Waals surface area (Å²) in [7, 11) is 0. The van der Waals surface area contributed by atoms with Crippen LogP contribution in [0.15, 0.2) is 5.38 Å². The predicted molar refractivity (Wildman–Crippen MR) is 65.8 cm³/mol. The van der Waals surface area contributed by atoms with Crippen LogP contribution in [0.2, 0.25) is 0 Å². The van der Waals surface area contributed by atoms with Gasteiger partial charge >= 0.3 is 5.97 Å². The van der Waals surface area contributed by atoms with E-state index in [2.05, 4.69) is 0 Å². The summed E-state index contributed by atoms with van der Waals surface area (Å²) in [5, 5.41) is 10.5. The summed E-state index contributed by atoms with van der Waals surface area (Å²) in [6.45, 7) is 3.54. The third-order valence-electron chi connectivity index (χ3n) is 3.41. The molecule has 4 nitrogen and oxygen atoms in total. The summed E-state index contributed by atoms with van der Waals surface area (Å²) < 4.78 is 13.9. The minimum Gasteiger partial charge on any atom is -0.479 e. The number of aryl methyl sites for hydroxylation is 1. The van der Waals surface area contributed by atoms with Crippen LogP contribution in [-0.2, 0) is 4.79 Å². The van der Waals surface area contributed by atoms with Gasteiger partial charge in [-0.05, 0) is 19.4 Å². The zero-order valence-corrected chi connectivity index (χ0v) is 11.0. The van der Waals surface area contributed by atoms with Crippen molar-refractivity contribution in [3.63, 3.8) is 0 Å². The van der Waals surface area contributed by atoms with Crippen molar-refractivity contribution in [1.82, 2.24) is 4.90 Å². The van der Waals surface area contributed by atoms with Crippen LogP contribution in [0.5, 0.6) is 0 Å². The largest absolute Gasteiger partial charge is 0.479 e. The molecule has 1 atom stereocenters. The fraction of sp³-hybridized carbons (Fsp3) is 0.500. The van der Waals surface area contributed by atoms with Crippen LogP contribution in [0.1, 0.15) is 27.2 Å². The second-order valence-corrected chi connectivity index (χ2v) is 5.66. The molecule has 0 bridgehead atoms. The number of halogens is 1. The predicted octanol–water partition coefficient (Wildman–Crippen LogP) is 2.00. The first kappa shape index (κ1) is 13.0. The van der Waals surface area contributed by atoms with Crippen LogP contribution in [0, 0.1) is 13.8 Å². The number of amides is 1. The van der Waals surface area contributed by atoms with Gasteiger partial charge in [0.15, 0.2) is 0 Å². The van der Waals surface area contributed by atoms with Crippen molar-refractivity contribution < 1.29 is 19.1 Å². The zero-order valence-electron chi connectivity index (χ0n) is 10.2. The van der Waals surface area contributed by atoms with Gasteiger partial charge in [0.2, 0.25) is 5.67 Å². The van der Waals surface area contributed by atoms with Crippen LogP contribution in [0.3, 0.4) is 0 Å². The van der Waals surface area contributed by atoms with Crippen molar-refractivity contribution >= 4 is 23.2 Å². The Morgan fingerprint density at radius 2 is 2.17 bits per heavy atom. The standard InChI is InChI=1S/C12H14FNO3S/c1-7-8(2)18-5-9(7)10(15)14-4-3-12(13,6-14)11(16)17/h5H,3-4,6H2,1-2H3,(H,16,17). The number of alkyl halides is 1. The Morgan fingerprint density at radius 1 is 1.50 bits per heavy atom. The van der Waals surface area contributed by atoms with Gasteiger partial charge in [-0.25, -0.2) is 9.18 Å². The normalized spacial score (nSPS) is 23.4. The van der Waals surface area contributed by atoms with Gasteiger partial charge in [-0.15, -0.1) is 11.3 Å². The van der Waals surface area contributed by atoms with Crippen molar-refractivity contribution in [3.05, 3.63) is 21.4 Å². The average molecular weight is 271 g/mol. The second kappa shape index (κ2) is 4.35. The zero-order chi connectivity index (χ0) is 13.5. The van der Waals surface area contributed by atoms with E-state index in [-0.39, 0.29) is 25.4 Å². The molecule has 1 unspecified atom stereocenters. The molecule has 1 N–H and O–H groups in total. The third-order valence-corrected chi connectivity index (χ3v) is 4.42. The Balaban J connectivity index is 2.18. The highest BCUT2D eigenvalue weighted by Crippen LogP contribution is 2.29. The van der Waals surface area contributed by atoms with Gasteiger partial charge < -0.3 is 10.0 Å². The summed E-state index contributed by atoms with van der Waals surface area (Å²) in [5.74, 6) is -1.77. The average Bonchev–Trinajstić information content (AvgIpc) is 2.85. The van der Waals surface area contributed by atoms with Gasteiger partial charge in [-0.2, -0.15) is 0 Å². The highest BCUT2D eigenvalue weighted by atomic mass is 32.1. The van der Waals surface area contributed by atoms with Crippen molar-refractivity contribution in [1.29, 1.82) is 0 Å². The van der Waals surface area contributed by atoms with Crippen molar-refractivity contribution in [2.45, 2.75) is 25.9 Å². The minimum absolute atomic E-state index is 0.143. The number of hydrogen-bond donors (Lipinski definition) is 1. The molecule has 1 amide bonds. The first-order valence-corrected chi connectivity index (χ1v) is 6.49. The molecule has 0 radical (unpaired) electrons. The summed E-state index contributed by atoms with van der Waals surface area (Å²) in [4.78, 5) is 25.3. The number of hydrogen-bond acceptors (Lipinski definition) is 3. The fourth-order valence-corrected chi connectivity index (χ4v) is 2.87. The van der Waals surface area contributed by atoms with E-state index < -0.39 is 11.6 Å². The van der Waals surface area contributed by atoms with Crippen LogP contribution < -0.4 is 0 Å². The lowest BCUT2D eigenvalue weighted by Crippen LogP contribution is -2.38. The Bertz CT molecular complexity index is 513. The monoisotopic (exact) mass is 271 g/mol. The maximum Gasteiger partial charge on any atom is 0.343 e. The molecule has 0 aliphatic carbocycles. The molecule has 1 aliphatic heterocycles. The SMILES string of the molecule is Cc1scc(C(=O)N2CCC(F)(C(=O)O)C2)c1C. The first-order chi connectivity index (χ1) is 8.35. The lowest BCUT2D eigenvalue weighted by Gasteiger charge is -2.17.